The average Bonchev–Trinajstić information content (AvgIpc) is 2.30. The Morgan fingerprint density at radius 3 is 2.94 bits per heavy atom. The number of nitrogens with one attached hydrogen (secondary N) is 1. The highest BCUT2D eigenvalue weighted by atomic mass is 79.9. The molecule has 0 aliphatic carbocycles. The fourth-order valence-corrected chi connectivity index (χ4v) is 1.53. The second-order valence-electron chi connectivity index (χ2n) is 3.30. The highest BCUT2D eigenvalue weighted by molar-refractivity contribution is 9.10. The van der Waals surface area contributed by atoms with Crippen LogP contribution in [-0.2, 0) is 9.53 Å². The molecule has 0 aliphatic heterocycles. The summed E-state index contributed by atoms with van der Waals surface area (Å²) < 4.78 is 18.5. The Balaban J connectivity index is 2.58. The van der Waals surface area contributed by atoms with E-state index in [4.69, 9.17) is 4.74 Å². The zero-order valence-electron chi connectivity index (χ0n) is 9.43. The van der Waals surface area contributed by atoms with Crippen LogP contribution in [0.5, 0.6) is 0 Å². The minimum Gasteiger partial charge on any atom is -0.463 e. The molecule has 0 aliphatic rings. The summed E-state index contributed by atoms with van der Waals surface area (Å²) in [6, 6.07) is 4.27. The molecule has 0 saturated carbocycles. The van der Waals surface area contributed by atoms with Gasteiger partial charge in [-0.25, -0.2) is 9.18 Å². The first-order chi connectivity index (χ1) is 8.04. The number of halogens is 2. The van der Waals surface area contributed by atoms with Gasteiger partial charge in [0.1, 0.15) is 5.82 Å². The predicted octanol–water partition coefficient (Wildman–Crippen LogP) is 3.12. The van der Waals surface area contributed by atoms with Gasteiger partial charge in [-0.1, -0.05) is 6.58 Å². The van der Waals surface area contributed by atoms with Crippen LogP contribution in [-0.4, -0.2) is 19.1 Å². The maximum atomic E-state index is 13.0. The van der Waals surface area contributed by atoms with E-state index in [1.165, 1.54) is 12.1 Å². The van der Waals surface area contributed by atoms with Crippen LogP contribution in [0.3, 0.4) is 0 Å². The molecule has 0 saturated heterocycles. The van der Waals surface area contributed by atoms with Crippen LogP contribution in [0.15, 0.2) is 34.8 Å². The fraction of sp³-hybridized carbons (Fsp3) is 0.250. The van der Waals surface area contributed by atoms with Crippen molar-refractivity contribution in [2.75, 3.05) is 18.5 Å². The summed E-state index contributed by atoms with van der Waals surface area (Å²) in [7, 11) is 0. The van der Waals surface area contributed by atoms with Crippen molar-refractivity contribution in [1.82, 2.24) is 0 Å². The lowest BCUT2D eigenvalue weighted by atomic mass is 10.2. The number of rotatable bonds is 5. The van der Waals surface area contributed by atoms with Crippen molar-refractivity contribution >= 4 is 27.6 Å². The molecule has 0 spiro atoms. The van der Waals surface area contributed by atoms with Gasteiger partial charge < -0.3 is 10.1 Å². The highest BCUT2D eigenvalue weighted by Gasteiger charge is 2.08. The molecule has 1 N–H and O–H groups in total. The molecule has 5 heteroatoms. The molecule has 1 rings (SSSR count). The van der Waals surface area contributed by atoms with Gasteiger partial charge in [-0.15, -0.1) is 0 Å². The molecule has 17 heavy (non-hydrogen) atoms. The minimum atomic E-state index is -0.451. The van der Waals surface area contributed by atoms with E-state index in [2.05, 4.69) is 27.8 Å². The first-order valence-electron chi connectivity index (χ1n) is 5.08. The van der Waals surface area contributed by atoms with E-state index in [9.17, 15) is 9.18 Å². The molecule has 0 aromatic heterocycles. The summed E-state index contributed by atoms with van der Waals surface area (Å²) in [5, 5.41) is 2.91. The molecule has 0 radical (unpaired) electrons. The molecule has 3 nitrogen and oxygen atoms in total. The van der Waals surface area contributed by atoms with Gasteiger partial charge in [0.2, 0.25) is 0 Å². The van der Waals surface area contributed by atoms with E-state index >= 15 is 0 Å². The zero-order valence-corrected chi connectivity index (χ0v) is 11.0. The van der Waals surface area contributed by atoms with Gasteiger partial charge in [-0.2, -0.15) is 0 Å². The van der Waals surface area contributed by atoms with Crippen LogP contribution in [0.1, 0.15) is 6.92 Å². The summed E-state index contributed by atoms with van der Waals surface area (Å²) in [5.41, 5.74) is 0.860. The fourth-order valence-electron chi connectivity index (χ4n) is 1.14. The summed E-state index contributed by atoms with van der Waals surface area (Å²) in [6.07, 6.45) is 0. The van der Waals surface area contributed by atoms with Crippen molar-refractivity contribution in [2.24, 2.45) is 0 Å². The summed E-state index contributed by atoms with van der Waals surface area (Å²) in [4.78, 5) is 11.3. The SMILES string of the molecule is C=C(CNc1cc(F)ccc1Br)C(=O)OCC. The van der Waals surface area contributed by atoms with Gasteiger partial charge >= 0.3 is 5.97 Å². The van der Waals surface area contributed by atoms with E-state index in [1.807, 2.05) is 0 Å². The third-order valence-corrected chi connectivity index (χ3v) is 2.68. The van der Waals surface area contributed by atoms with Gasteiger partial charge in [0, 0.05) is 16.6 Å². The van der Waals surface area contributed by atoms with E-state index in [-0.39, 0.29) is 12.4 Å². The Labute approximate surface area is 108 Å². The van der Waals surface area contributed by atoms with Crippen LogP contribution in [0, 0.1) is 5.82 Å². The summed E-state index contributed by atoms with van der Waals surface area (Å²) >= 11 is 3.27. The Hall–Kier alpha value is -1.36. The van der Waals surface area contributed by atoms with Gasteiger partial charge in [0.25, 0.3) is 0 Å². The minimum absolute atomic E-state index is 0.209. The Bertz CT molecular complexity index is 435. The van der Waals surface area contributed by atoms with Gasteiger partial charge in [0.05, 0.1) is 12.3 Å². The second-order valence-corrected chi connectivity index (χ2v) is 4.16. The van der Waals surface area contributed by atoms with Crippen LogP contribution >= 0.6 is 15.9 Å². The molecule has 1 aromatic carbocycles. The molecular weight excluding hydrogens is 289 g/mol. The lowest BCUT2D eigenvalue weighted by molar-refractivity contribution is -0.138. The average molecular weight is 302 g/mol. The second kappa shape index (κ2) is 6.39. The summed E-state index contributed by atoms with van der Waals surface area (Å²) in [6.45, 7) is 5.83. The smallest absolute Gasteiger partial charge is 0.335 e. The Morgan fingerprint density at radius 1 is 1.59 bits per heavy atom. The molecule has 0 amide bonds. The first-order valence-corrected chi connectivity index (χ1v) is 5.87. The highest BCUT2D eigenvalue weighted by Crippen LogP contribution is 2.23. The van der Waals surface area contributed by atoms with Crippen LogP contribution in [0.2, 0.25) is 0 Å². The van der Waals surface area contributed by atoms with Crippen LogP contribution in [0.4, 0.5) is 10.1 Å². The standard InChI is InChI=1S/C12H13BrFNO2/c1-3-17-12(16)8(2)7-15-11-6-9(14)4-5-10(11)13/h4-6,15H,2-3,7H2,1H3. The Morgan fingerprint density at radius 2 is 2.29 bits per heavy atom. The number of carbonyl (C=O) groups excluding carboxylic acids is 1. The largest absolute Gasteiger partial charge is 0.463 e. The topological polar surface area (TPSA) is 38.3 Å². The van der Waals surface area contributed by atoms with Crippen molar-refractivity contribution in [3.8, 4) is 0 Å². The van der Waals surface area contributed by atoms with E-state index in [0.717, 1.165) is 4.47 Å². The number of anilines is 1. The monoisotopic (exact) mass is 301 g/mol. The number of carbonyl (C=O) groups is 1. The van der Waals surface area contributed by atoms with E-state index in [0.29, 0.717) is 17.9 Å². The molecule has 0 heterocycles. The lowest BCUT2D eigenvalue weighted by Gasteiger charge is -2.10. The Kier molecular flexibility index (Phi) is 5.15. The van der Waals surface area contributed by atoms with Gasteiger partial charge in [0.15, 0.2) is 0 Å². The van der Waals surface area contributed by atoms with E-state index < -0.39 is 5.97 Å². The molecule has 0 fully saturated rings. The van der Waals surface area contributed by atoms with Crippen molar-refractivity contribution in [1.29, 1.82) is 0 Å². The molecule has 1 aromatic rings. The number of ether oxygens (including phenoxy) is 1. The predicted molar refractivity (Wildman–Crippen MR) is 68.4 cm³/mol. The molecule has 92 valence electrons. The zero-order chi connectivity index (χ0) is 12.8. The van der Waals surface area contributed by atoms with E-state index in [1.54, 1.807) is 13.0 Å². The molecule has 0 atom stereocenters. The third kappa shape index (κ3) is 4.19. The number of esters is 1. The normalized spacial score (nSPS) is 9.82. The summed E-state index contributed by atoms with van der Waals surface area (Å²) in [5.74, 6) is -0.801. The van der Waals surface area contributed by atoms with Crippen LogP contribution < -0.4 is 5.32 Å². The maximum Gasteiger partial charge on any atom is 0.335 e. The number of benzene rings is 1. The molecule has 0 bridgehead atoms. The lowest BCUT2D eigenvalue weighted by Crippen LogP contribution is -2.15. The van der Waals surface area contributed by atoms with Crippen molar-refractivity contribution in [2.45, 2.75) is 6.92 Å². The van der Waals surface area contributed by atoms with Crippen LogP contribution in [0.25, 0.3) is 0 Å². The van der Waals surface area contributed by atoms with Gasteiger partial charge in [-0.3, -0.25) is 0 Å². The van der Waals surface area contributed by atoms with Crippen molar-refractivity contribution in [3.63, 3.8) is 0 Å². The van der Waals surface area contributed by atoms with Crippen molar-refractivity contribution in [3.05, 3.63) is 40.6 Å². The van der Waals surface area contributed by atoms with Gasteiger partial charge in [-0.05, 0) is 41.1 Å². The quantitative estimate of drug-likeness (QED) is 0.671. The van der Waals surface area contributed by atoms with Crippen molar-refractivity contribution < 1.29 is 13.9 Å². The molecular formula is C12H13BrFNO2. The first kappa shape index (κ1) is 13.7. The molecule has 0 unspecified atom stereocenters. The maximum absolute atomic E-state index is 13.0. The third-order valence-electron chi connectivity index (χ3n) is 1.98. The number of hydrogen-bond donors (Lipinski definition) is 1. The number of hydrogen-bond acceptors (Lipinski definition) is 3.